The highest BCUT2D eigenvalue weighted by Crippen LogP contribution is 2.42. The summed E-state index contributed by atoms with van der Waals surface area (Å²) in [6.45, 7) is 43.1. The quantitative estimate of drug-likeness (QED) is 0.00885. The van der Waals surface area contributed by atoms with E-state index >= 15 is 0 Å². The lowest BCUT2D eigenvalue weighted by Gasteiger charge is -2.38. The first-order valence-electron chi connectivity index (χ1n) is 39.7. The van der Waals surface area contributed by atoms with Crippen LogP contribution in [0.4, 0.5) is 37.1 Å². The van der Waals surface area contributed by atoms with E-state index in [2.05, 4.69) is 123 Å². The number of nitrogens with zero attached hydrogens (tertiary/aromatic N) is 2. The molecule has 2 aliphatic heterocycles. The highest BCUT2D eigenvalue weighted by molar-refractivity contribution is 6.74. The molecule has 8 N–H and O–H groups in total. The average Bonchev–Trinajstić information content (AvgIpc) is 1.40. The number of allylic oxidation sites excluding steroid dienone is 1. The lowest BCUT2D eigenvalue weighted by atomic mass is 10.0. The Kier molecular flexibility index (Phi) is 35.5. The molecule has 0 bridgehead atoms. The van der Waals surface area contributed by atoms with Gasteiger partial charge in [0.15, 0.2) is 39.6 Å². The Hall–Kier alpha value is -10.5. The highest BCUT2D eigenvalue weighted by atomic mass is 28.4. The van der Waals surface area contributed by atoms with Crippen molar-refractivity contribution in [3.05, 3.63) is 144 Å². The summed E-state index contributed by atoms with van der Waals surface area (Å²) in [6, 6.07) is 14.7. The van der Waals surface area contributed by atoms with Gasteiger partial charge in [0.1, 0.15) is 44.0 Å². The van der Waals surface area contributed by atoms with Crippen molar-refractivity contribution in [2.75, 3.05) is 68.5 Å². The molecule has 0 aliphatic carbocycles. The SMILES string of the molecule is C=CCCC(=O)N[C@H](C(=O)N[C@@H](C)C(=O)Nc1ccc(COC(=O)Nc2cc(OCCCCCOc3cc(NC(=O)OCc4ccc(NC(=O)C(C)NC(=O)[C@@H](NC(=O)OCC=C)C(C)C)cc4)c(C(=O)N4C=C(C)CC4CO[Si](C)(C)C(C)(C)C)cc3OC)c(OC)cc2C(=O)N2C=C(C)C[C@H]2CO[Si](C)(C)C(C)(C)C)cc1)C(C)C. The number of ether oxygens (including phenoxy) is 7. The number of carbonyl (C=O) groups excluding carboxylic acids is 10. The monoisotopic (exact) mass is 1660 g/mol. The summed E-state index contributed by atoms with van der Waals surface area (Å²) < 4.78 is 54.2. The molecule has 6 atom stereocenters. The number of alkyl carbamates (subject to hydrolysis) is 1. The molecule has 117 heavy (non-hydrogen) atoms. The summed E-state index contributed by atoms with van der Waals surface area (Å²) in [5.74, 6) is -2.96. The summed E-state index contributed by atoms with van der Waals surface area (Å²) in [6.07, 6.45) is 7.37. The number of benzene rings is 4. The molecule has 29 nitrogen and oxygen atoms in total. The van der Waals surface area contributed by atoms with Crippen molar-refractivity contribution in [1.29, 1.82) is 0 Å². The summed E-state index contributed by atoms with van der Waals surface area (Å²) in [5, 5.41) is 21.5. The van der Waals surface area contributed by atoms with Crippen LogP contribution < -0.4 is 61.5 Å². The van der Waals surface area contributed by atoms with Crippen LogP contribution in [0.2, 0.25) is 36.3 Å². The van der Waals surface area contributed by atoms with Gasteiger partial charge in [0.2, 0.25) is 29.5 Å². The molecular formula is C86H124N10O19Si2. The third-order valence-electron chi connectivity index (χ3n) is 20.9. The average molecular weight is 1660 g/mol. The van der Waals surface area contributed by atoms with Crippen molar-refractivity contribution in [1.82, 2.24) is 31.1 Å². The molecule has 6 rings (SSSR count). The number of rotatable bonds is 41. The minimum atomic E-state index is -2.25. The van der Waals surface area contributed by atoms with Gasteiger partial charge in [-0.25, -0.2) is 14.4 Å². The predicted octanol–water partition coefficient (Wildman–Crippen LogP) is 15.0. The molecule has 2 heterocycles. The standard InChI is InChI=1S/C86H124N10O19Si2/c1-23-25-29-73(97)93-74(53(3)4)78(100)87-57(9)76(98)89-61-34-30-59(31-35-61)49-112-82(104)91-67-45-71(69(107-17)43-65(67)80(102)95-47-55(7)41-63(95)51-114-116(19,20)85(11,12)13)109-39-27-26-28-40-110-72-46-68(66(44-70(72)108-18)81(103)96-48-56(8)42-64(96)52-115-117(21,22)86(14,15)16)92-83(105)113-50-60-32-36-62(37-33-60)90-77(99)58(10)88-79(101)75(54(5)6)94-84(106)111-38-24-2/h23-24,30-37,43-48,53-54,57-58,63-64,74-75H,1-2,25-29,38-42,49-52H2,3-22H3,(H,87,100)(H,88,101)(H,89,98)(H,90,99)(H,91,104)(H,92,105)(H,93,97)(H,94,106)/t57-,58?,63-,64?,74-,75-/m0/s1. The van der Waals surface area contributed by atoms with E-state index in [0.717, 1.165) is 11.1 Å². The fraction of sp³-hybridized carbons (Fsp3) is 0.512. The first-order chi connectivity index (χ1) is 55.0. The first-order valence-corrected chi connectivity index (χ1v) is 45.5. The number of nitrogens with one attached hydrogen (secondary N) is 8. The molecule has 0 saturated heterocycles. The Morgan fingerprint density at radius 1 is 0.496 bits per heavy atom. The molecule has 0 radical (unpaired) electrons. The van der Waals surface area contributed by atoms with Gasteiger partial charge in [0, 0.05) is 42.3 Å². The van der Waals surface area contributed by atoms with E-state index in [0.29, 0.717) is 67.6 Å². The molecule has 0 aromatic heterocycles. The maximum Gasteiger partial charge on any atom is 0.411 e. The van der Waals surface area contributed by atoms with Crippen molar-refractivity contribution in [3.8, 4) is 23.0 Å². The van der Waals surface area contributed by atoms with E-state index in [1.54, 1.807) is 105 Å². The van der Waals surface area contributed by atoms with Crippen LogP contribution in [0, 0.1) is 11.8 Å². The molecule has 2 aliphatic rings. The lowest BCUT2D eigenvalue weighted by molar-refractivity contribution is -0.131. The molecule has 0 saturated carbocycles. The molecule has 0 fully saturated rings. The summed E-state index contributed by atoms with van der Waals surface area (Å²) in [4.78, 5) is 139. The fourth-order valence-corrected chi connectivity index (χ4v) is 13.9. The molecule has 4 aromatic rings. The van der Waals surface area contributed by atoms with Gasteiger partial charge >= 0.3 is 18.3 Å². The molecule has 640 valence electrons. The highest BCUT2D eigenvalue weighted by Gasteiger charge is 2.42. The minimum absolute atomic E-state index is 0.0452. The minimum Gasteiger partial charge on any atom is -0.493 e. The van der Waals surface area contributed by atoms with Crippen LogP contribution in [0.3, 0.4) is 0 Å². The Balaban J connectivity index is 1.15. The number of unbranched alkanes of at least 4 members (excludes halogenated alkanes) is 2. The van der Waals surface area contributed by atoms with Crippen LogP contribution in [0.15, 0.2) is 122 Å². The second-order valence-corrected chi connectivity index (χ2v) is 42.8. The van der Waals surface area contributed by atoms with Gasteiger partial charge in [-0.3, -0.25) is 44.2 Å². The van der Waals surface area contributed by atoms with Crippen molar-refractivity contribution >= 4 is 99.0 Å². The summed E-state index contributed by atoms with van der Waals surface area (Å²) >= 11 is 0. The Labute approximate surface area is 691 Å². The van der Waals surface area contributed by atoms with E-state index in [4.69, 9.17) is 42.0 Å². The normalized spacial score (nSPS) is 15.2. The number of methoxy groups -OCH3 is 2. The van der Waals surface area contributed by atoms with E-state index in [1.807, 2.05) is 13.8 Å². The van der Waals surface area contributed by atoms with Crippen molar-refractivity contribution in [2.45, 2.75) is 228 Å². The van der Waals surface area contributed by atoms with Crippen LogP contribution in [-0.2, 0) is 60.2 Å². The number of hydrogen-bond donors (Lipinski definition) is 8. The number of amides is 10. The van der Waals surface area contributed by atoms with Crippen molar-refractivity contribution < 1.29 is 90.0 Å². The van der Waals surface area contributed by atoms with Crippen LogP contribution in [0.1, 0.15) is 174 Å². The molecule has 10 amide bonds. The van der Waals surface area contributed by atoms with Crippen LogP contribution in [-0.4, -0.2) is 170 Å². The van der Waals surface area contributed by atoms with Gasteiger partial charge in [-0.2, -0.15) is 0 Å². The van der Waals surface area contributed by atoms with Crippen molar-refractivity contribution in [3.63, 3.8) is 0 Å². The molecular weight excluding hydrogens is 1530 g/mol. The van der Waals surface area contributed by atoms with Crippen LogP contribution in [0.5, 0.6) is 23.0 Å². The second kappa shape index (κ2) is 43.6. The second-order valence-electron chi connectivity index (χ2n) is 33.2. The Bertz CT molecular complexity index is 3960. The molecule has 4 aromatic carbocycles. The third-order valence-corrected chi connectivity index (χ3v) is 29.9. The van der Waals surface area contributed by atoms with Crippen LogP contribution >= 0.6 is 0 Å². The largest absolute Gasteiger partial charge is 0.493 e. The van der Waals surface area contributed by atoms with Gasteiger partial charge < -0.3 is 83.7 Å². The number of anilines is 4. The van der Waals surface area contributed by atoms with E-state index in [1.165, 1.54) is 58.4 Å². The third kappa shape index (κ3) is 28.4. The predicted molar refractivity (Wildman–Crippen MR) is 456 cm³/mol. The van der Waals surface area contributed by atoms with E-state index in [-0.39, 0.29) is 131 Å². The molecule has 0 spiro atoms. The lowest BCUT2D eigenvalue weighted by Crippen LogP contribution is -2.53. The van der Waals surface area contributed by atoms with Crippen LogP contribution in [0.25, 0.3) is 0 Å². The van der Waals surface area contributed by atoms with Gasteiger partial charge in [-0.15, -0.1) is 6.58 Å². The zero-order valence-corrected chi connectivity index (χ0v) is 73.8. The van der Waals surface area contributed by atoms with Gasteiger partial charge in [-0.1, -0.05) is 123 Å². The van der Waals surface area contributed by atoms with Gasteiger partial charge in [0.05, 0.1) is 75.2 Å². The van der Waals surface area contributed by atoms with E-state index < -0.39 is 94.5 Å². The summed E-state index contributed by atoms with van der Waals surface area (Å²) in [7, 11) is -1.59. The van der Waals surface area contributed by atoms with Crippen molar-refractivity contribution in [2.24, 2.45) is 11.8 Å². The first kappa shape index (κ1) is 95.3. The Morgan fingerprint density at radius 2 is 0.889 bits per heavy atom. The van der Waals surface area contributed by atoms with Gasteiger partial charge in [0.25, 0.3) is 11.8 Å². The maximum atomic E-state index is 15.0. The zero-order valence-electron chi connectivity index (χ0n) is 71.8. The molecule has 31 heteroatoms. The smallest absolute Gasteiger partial charge is 0.411 e. The number of carbonyl (C=O) groups is 10. The van der Waals surface area contributed by atoms with E-state index in [9.17, 15) is 47.9 Å². The summed E-state index contributed by atoms with van der Waals surface area (Å²) in [5.41, 5.74) is 4.20. The fourth-order valence-electron chi connectivity index (χ4n) is 11.8. The number of hydrogen-bond acceptors (Lipinski definition) is 19. The maximum absolute atomic E-state index is 15.0. The molecule has 2 unspecified atom stereocenters. The topological polar surface area (TPSA) is 356 Å². The zero-order chi connectivity index (χ0) is 86.9. The Morgan fingerprint density at radius 3 is 1.25 bits per heavy atom. The van der Waals surface area contributed by atoms with Gasteiger partial charge in [-0.05, 0) is 162 Å².